The van der Waals surface area contributed by atoms with E-state index in [-0.39, 0.29) is 16.5 Å². The van der Waals surface area contributed by atoms with E-state index in [1.54, 1.807) is 43.4 Å². The van der Waals surface area contributed by atoms with Crippen LogP contribution in [0.15, 0.2) is 59.6 Å². The highest BCUT2D eigenvalue weighted by atomic mass is 35.5. The SMILES string of the molecule is CNc1nc(Nc2ccc(Cl)c(Cl)c2)ncc1NS(=O)(=O)c1ccccc1. The maximum absolute atomic E-state index is 12.5. The second kappa shape index (κ2) is 7.99. The summed E-state index contributed by atoms with van der Waals surface area (Å²) in [5, 5.41) is 6.66. The molecular weight excluding hydrogens is 409 g/mol. The van der Waals surface area contributed by atoms with Crippen molar-refractivity contribution < 1.29 is 8.42 Å². The number of rotatable bonds is 6. The number of hydrogen-bond acceptors (Lipinski definition) is 6. The zero-order valence-electron chi connectivity index (χ0n) is 14.1. The van der Waals surface area contributed by atoms with Crippen LogP contribution in [0.2, 0.25) is 10.0 Å². The molecule has 0 aliphatic heterocycles. The van der Waals surface area contributed by atoms with Gasteiger partial charge in [0.1, 0.15) is 5.69 Å². The number of anilines is 4. The Balaban J connectivity index is 1.85. The summed E-state index contributed by atoms with van der Waals surface area (Å²) in [6, 6.07) is 13.0. The zero-order valence-corrected chi connectivity index (χ0v) is 16.4. The lowest BCUT2D eigenvalue weighted by Crippen LogP contribution is -2.15. The molecule has 0 spiro atoms. The van der Waals surface area contributed by atoms with E-state index < -0.39 is 10.0 Å². The first kappa shape index (κ1) is 19.2. The summed E-state index contributed by atoms with van der Waals surface area (Å²) < 4.78 is 27.4. The van der Waals surface area contributed by atoms with Crippen molar-refractivity contribution in [1.29, 1.82) is 0 Å². The van der Waals surface area contributed by atoms with Crippen molar-refractivity contribution in [2.75, 3.05) is 22.4 Å². The molecule has 3 aromatic rings. The van der Waals surface area contributed by atoms with E-state index in [1.165, 1.54) is 18.3 Å². The van der Waals surface area contributed by atoms with Crippen LogP contribution in [-0.4, -0.2) is 25.4 Å². The molecule has 0 unspecified atom stereocenters. The van der Waals surface area contributed by atoms with E-state index in [2.05, 4.69) is 25.3 Å². The first-order chi connectivity index (χ1) is 12.9. The lowest BCUT2D eigenvalue weighted by Gasteiger charge is -2.13. The van der Waals surface area contributed by atoms with Gasteiger partial charge in [-0.05, 0) is 30.3 Å². The van der Waals surface area contributed by atoms with Crippen LogP contribution in [-0.2, 0) is 10.0 Å². The fraction of sp³-hybridized carbons (Fsp3) is 0.0588. The first-order valence-corrected chi connectivity index (χ1v) is 9.98. The predicted octanol–water partition coefficient (Wildman–Crippen LogP) is 4.37. The lowest BCUT2D eigenvalue weighted by molar-refractivity contribution is 0.601. The van der Waals surface area contributed by atoms with E-state index in [4.69, 9.17) is 23.2 Å². The van der Waals surface area contributed by atoms with Crippen LogP contribution < -0.4 is 15.4 Å². The van der Waals surface area contributed by atoms with Gasteiger partial charge in [0, 0.05) is 12.7 Å². The summed E-state index contributed by atoms with van der Waals surface area (Å²) in [6.45, 7) is 0. The molecule has 7 nitrogen and oxygen atoms in total. The van der Waals surface area contributed by atoms with Crippen molar-refractivity contribution in [1.82, 2.24) is 9.97 Å². The van der Waals surface area contributed by atoms with Crippen molar-refractivity contribution in [2.45, 2.75) is 4.90 Å². The van der Waals surface area contributed by atoms with Gasteiger partial charge in [0.15, 0.2) is 5.82 Å². The fourth-order valence-corrected chi connectivity index (χ4v) is 3.58. The van der Waals surface area contributed by atoms with Crippen LogP contribution in [0.25, 0.3) is 0 Å². The molecule has 0 saturated heterocycles. The number of benzene rings is 2. The van der Waals surface area contributed by atoms with Gasteiger partial charge < -0.3 is 10.6 Å². The van der Waals surface area contributed by atoms with Crippen LogP contribution in [0, 0.1) is 0 Å². The van der Waals surface area contributed by atoms with Crippen molar-refractivity contribution >= 4 is 56.4 Å². The highest BCUT2D eigenvalue weighted by Gasteiger charge is 2.17. The Labute approximate surface area is 166 Å². The molecule has 2 aromatic carbocycles. The first-order valence-electron chi connectivity index (χ1n) is 7.74. The molecule has 0 amide bonds. The average Bonchev–Trinajstić information content (AvgIpc) is 2.66. The van der Waals surface area contributed by atoms with E-state index in [1.807, 2.05) is 0 Å². The third kappa shape index (κ3) is 4.60. The minimum Gasteiger partial charge on any atom is -0.371 e. The summed E-state index contributed by atoms with van der Waals surface area (Å²) in [4.78, 5) is 8.57. The Morgan fingerprint density at radius 3 is 2.41 bits per heavy atom. The molecule has 10 heteroatoms. The van der Waals surface area contributed by atoms with Crippen molar-refractivity contribution in [3.05, 3.63) is 64.8 Å². The Bertz CT molecular complexity index is 1060. The second-order valence-corrected chi connectivity index (χ2v) is 7.88. The average molecular weight is 424 g/mol. The molecule has 0 bridgehead atoms. The topological polar surface area (TPSA) is 96.0 Å². The molecule has 0 atom stereocenters. The quantitative estimate of drug-likeness (QED) is 0.544. The summed E-state index contributed by atoms with van der Waals surface area (Å²) in [5.41, 5.74) is 0.866. The smallest absolute Gasteiger partial charge is 0.262 e. The maximum atomic E-state index is 12.5. The molecule has 0 radical (unpaired) electrons. The monoisotopic (exact) mass is 423 g/mol. The van der Waals surface area contributed by atoms with Crippen LogP contribution in [0.5, 0.6) is 0 Å². The standard InChI is InChI=1S/C17H15Cl2N5O2S/c1-20-16-15(24-27(25,26)12-5-3-2-4-6-12)10-21-17(23-16)22-11-7-8-13(18)14(19)9-11/h2-10,24H,1H3,(H2,20,21,22,23). The van der Waals surface area contributed by atoms with Crippen molar-refractivity contribution in [3.8, 4) is 0 Å². The molecule has 1 aromatic heterocycles. The van der Waals surface area contributed by atoms with Gasteiger partial charge in [0.2, 0.25) is 5.95 Å². The predicted molar refractivity (Wildman–Crippen MR) is 109 cm³/mol. The molecule has 0 saturated carbocycles. The van der Waals surface area contributed by atoms with E-state index in [0.29, 0.717) is 21.6 Å². The largest absolute Gasteiger partial charge is 0.371 e. The van der Waals surface area contributed by atoms with Gasteiger partial charge in [-0.3, -0.25) is 4.72 Å². The van der Waals surface area contributed by atoms with Crippen LogP contribution in [0.1, 0.15) is 0 Å². The van der Waals surface area contributed by atoms with Crippen LogP contribution in [0.4, 0.5) is 23.1 Å². The van der Waals surface area contributed by atoms with Gasteiger partial charge in [0.25, 0.3) is 10.0 Å². The van der Waals surface area contributed by atoms with Crippen molar-refractivity contribution in [3.63, 3.8) is 0 Å². The molecule has 0 aliphatic carbocycles. The zero-order chi connectivity index (χ0) is 19.4. The Morgan fingerprint density at radius 2 is 1.74 bits per heavy atom. The highest BCUT2D eigenvalue weighted by molar-refractivity contribution is 7.92. The number of halogens is 2. The highest BCUT2D eigenvalue weighted by Crippen LogP contribution is 2.28. The molecule has 0 fully saturated rings. The minimum atomic E-state index is -3.75. The van der Waals surface area contributed by atoms with Gasteiger partial charge in [-0.25, -0.2) is 13.4 Å². The summed E-state index contributed by atoms with van der Waals surface area (Å²) in [5.74, 6) is 0.576. The normalized spacial score (nSPS) is 11.1. The number of hydrogen-bond donors (Lipinski definition) is 3. The van der Waals surface area contributed by atoms with E-state index in [9.17, 15) is 8.42 Å². The molecule has 3 rings (SSSR count). The van der Waals surface area contributed by atoms with Gasteiger partial charge in [-0.2, -0.15) is 4.98 Å². The minimum absolute atomic E-state index is 0.144. The Kier molecular flexibility index (Phi) is 5.69. The fourth-order valence-electron chi connectivity index (χ4n) is 2.21. The van der Waals surface area contributed by atoms with Gasteiger partial charge in [-0.15, -0.1) is 0 Å². The third-order valence-electron chi connectivity index (χ3n) is 3.50. The van der Waals surface area contributed by atoms with E-state index >= 15 is 0 Å². The number of nitrogens with zero attached hydrogens (tertiary/aromatic N) is 2. The Hall–Kier alpha value is -2.55. The summed E-state index contributed by atoms with van der Waals surface area (Å²) in [6.07, 6.45) is 1.37. The number of aromatic nitrogens is 2. The molecular formula is C17H15Cl2N5O2S. The second-order valence-electron chi connectivity index (χ2n) is 5.38. The lowest BCUT2D eigenvalue weighted by atomic mass is 10.3. The van der Waals surface area contributed by atoms with Crippen LogP contribution in [0.3, 0.4) is 0 Å². The summed E-state index contributed by atoms with van der Waals surface area (Å²) in [7, 11) is -2.12. The molecule has 0 aliphatic rings. The Morgan fingerprint density at radius 1 is 1.00 bits per heavy atom. The van der Waals surface area contributed by atoms with Gasteiger partial charge >= 0.3 is 0 Å². The van der Waals surface area contributed by atoms with E-state index in [0.717, 1.165) is 0 Å². The maximum Gasteiger partial charge on any atom is 0.262 e. The van der Waals surface area contributed by atoms with Crippen LogP contribution >= 0.6 is 23.2 Å². The molecule has 1 heterocycles. The molecule has 3 N–H and O–H groups in total. The van der Waals surface area contributed by atoms with Gasteiger partial charge in [-0.1, -0.05) is 41.4 Å². The van der Waals surface area contributed by atoms with Gasteiger partial charge in [0.05, 0.1) is 21.1 Å². The molecule has 27 heavy (non-hydrogen) atoms. The van der Waals surface area contributed by atoms with Crippen molar-refractivity contribution in [2.24, 2.45) is 0 Å². The molecule has 140 valence electrons. The number of nitrogens with one attached hydrogen (secondary N) is 3. The third-order valence-corrected chi connectivity index (χ3v) is 5.62. The number of sulfonamides is 1. The summed E-state index contributed by atoms with van der Waals surface area (Å²) >= 11 is 11.9.